The molecule has 1 unspecified atom stereocenters. The molecule has 20 heavy (non-hydrogen) atoms. The van der Waals surface area contributed by atoms with E-state index in [0.717, 1.165) is 34.4 Å². The highest BCUT2D eigenvalue weighted by Gasteiger charge is 2.13. The molecule has 0 amide bonds. The molecule has 106 valence electrons. The van der Waals surface area contributed by atoms with Crippen molar-refractivity contribution in [3.05, 3.63) is 63.1 Å². The lowest BCUT2D eigenvalue weighted by molar-refractivity contribution is 0.317. The van der Waals surface area contributed by atoms with Gasteiger partial charge in [0.2, 0.25) is 0 Å². The van der Waals surface area contributed by atoms with E-state index in [-0.39, 0.29) is 6.04 Å². The standard InChI is InChI=1S/C16H17BrClNO/c1-2-9-20-13-6-3-11(4-7-13)16(19)14-10-12(17)5-8-15(14)18/h3-8,10,16H,2,9,19H2,1H3. The van der Waals surface area contributed by atoms with E-state index in [1.807, 2.05) is 42.5 Å². The molecule has 0 aromatic heterocycles. The monoisotopic (exact) mass is 353 g/mol. The van der Waals surface area contributed by atoms with E-state index in [9.17, 15) is 0 Å². The molecule has 2 rings (SSSR count). The van der Waals surface area contributed by atoms with Crippen molar-refractivity contribution in [2.45, 2.75) is 19.4 Å². The average molecular weight is 355 g/mol. The molecule has 2 N–H and O–H groups in total. The minimum absolute atomic E-state index is 0.250. The van der Waals surface area contributed by atoms with Crippen molar-refractivity contribution in [1.29, 1.82) is 0 Å². The number of hydrogen-bond donors (Lipinski definition) is 1. The highest BCUT2D eigenvalue weighted by molar-refractivity contribution is 9.10. The minimum atomic E-state index is -0.250. The lowest BCUT2D eigenvalue weighted by Crippen LogP contribution is -2.12. The van der Waals surface area contributed by atoms with Crippen molar-refractivity contribution in [3.63, 3.8) is 0 Å². The van der Waals surface area contributed by atoms with Gasteiger partial charge >= 0.3 is 0 Å². The second-order valence-electron chi connectivity index (χ2n) is 4.56. The quantitative estimate of drug-likeness (QED) is 0.825. The van der Waals surface area contributed by atoms with Crippen LogP contribution in [0, 0.1) is 0 Å². The summed E-state index contributed by atoms with van der Waals surface area (Å²) >= 11 is 9.66. The number of hydrogen-bond acceptors (Lipinski definition) is 2. The Hall–Kier alpha value is -1.03. The summed E-state index contributed by atoms with van der Waals surface area (Å²) < 4.78 is 6.53. The molecule has 0 aliphatic heterocycles. The Morgan fingerprint density at radius 3 is 2.55 bits per heavy atom. The van der Waals surface area contributed by atoms with Crippen LogP contribution in [-0.4, -0.2) is 6.61 Å². The first-order valence-corrected chi connectivity index (χ1v) is 7.72. The maximum Gasteiger partial charge on any atom is 0.119 e. The molecule has 0 saturated carbocycles. The first-order valence-electron chi connectivity index (χ1n) is 6.55. The fourth-order valence-electron chi connectivity index (χ4n) is 1.92. The van der Waals surface area contributed by atoms with Crippen LogP contribution in [0.1, 0.15) is 30.5 Å². The van der Waals surface area contributed by atoms with Crippen LogP contribution in [0.15, 0.2) is 46.9 Å². The Morgan fingerprint density at radius 2 is 1.90 bits per heavy atom. The number of benzene rings is 2. The van der Waals surface area contributed by atoms with Crippen molar-refractivity contribution in [2.24, 2.45) is 5.73 Å². The molecule has 0 heterocycles. The van der Waals surface area contributed by atoms with Gasteiger partial charge in [-0.3, -0.25) is 0 Å². The molecule has 0 fully saturated rings. The first kappa shape index (κ1) is 15.4. The van der Waals surface area contributed by atoms with Gasteiger partial charge in [0.15, 0.2) is 0 Å². The van der Waals surface area contributed by atoms with E-state index in [0.29, 0.717) is 5.02 Å². The molecule has 4 heteroatoms. The summed E-state index contributed by atoms with van der Waals surface area (Å²) in [5.41, 5.74) is 8.20. The summed E-state index contributed by atoms with van der Waals surface area (Å²) in [5, 5.41) is 0.673. The van der Waals surface area contributed by atoms with Gasteiger partial charge in [0, 0.05) is 9.50 Å². The van der Waals surface area contributed by atoms with Crippen LogP contribution in [0.2, 0.25) is 5.02 Å². The van der Waals surface area contributed by atoms with E-state index in [2.05, 4.69) is 22.9 Å². The van der Waals surface area contributed by atoms with Crippen molar-refractivity contribution in [3.8, 4) is 5.75 Å². The van der Waals surface area contributed by atoms with Gasteiger partial charge in [-0.1, -0.05) is 46.6 Å². The molecule has 0 spiro atoms. The number of halogens is 2. The van der Waals surface area contributed by atoms with Gasteiger partial charge in [-0.05, 0) is 47.9 Å². The maximum absolute atomic E-state index is 6.29. The molecular weight excluding hydrogens is 338 g/mol. The Bertz CT molecular complexity index is 571. The summed E-state index contributed by atoms with van der Waals surface area (Å²) in [4.78, 5) is 0. The summed E-state index contributed by atoms with van der Waals surface area (Å²) in [5.74, 6) is 0.864. The summed E-state index contributed by atoms with van der Waals surface area (Å²) in [6.45, 7) is 2.81. The number of ether oxygens (including phenoxy) is 1. The zero-order valence-electron chi connectivity index (χ0n) is 11.3. The SMILES string of the molecule is CCCOc1ccc(C(N)c2cc(Br)ccc2Cl)cc1. The number of nitrogens with two attached hydrogens (primary N) is 1. The topological polar surface area (TPSA) is 35.2 Å². The zero-order chi connectivity index (χ0) is 14.5. The van der Waals surface area contributed by atoms with Gasteiger partial charge in [-0.25, -0.2) is 0 Å². The van der Waals surface area contributed by atoms with E-state index < -0.39 is 0 Å². The molecule has 0 aliphatic carbocycles. The summed E-state index contributed by atoms with van der Waals surface area (Å²) in [6, 6.07) is 13.3. The molecule has 2 aromatic rings. The fraction of sp³-hybridized carbons (Fsp3) is 0.250. The number of rotatable bonds is 5. The van der Waals surface area contributed by atoms with Gasteiger partial charge in [-0.15, -0.1) is 0 Å². The van der Waals surface area contributed by atoms with Crippen LogP contribution in [0.4, 0.5) is 0 Å². The van der Waals surface area contributed by atoms with Gasteiger partial charge < -0.3 is 10.5 Å². The van der Waals surface area contributed by atoms with Crippen LogP contribution in [-0.2, 0) is 0 Å². The highest BCUT2D eigenvalue weighted by Crippen LogP contribution is 2.30. The Morgan fingerprint density at radius 1 is 1.20 bits per heavy atom. The third-order valence-corrected chi connectivity index (χ3v) is 3.84. The lowest BCUT2D eigenvalue weighted by Gasteiger charge is -2.15. The minimum Gasteiger partial charge on any atom is -0.494 e. The van der Waals surface area contributed by atoms with E-state index in [4.69, 9.17) is 22.1 Å². The van der Waals surface area contributed by atoms with Gasteiger partial charge in [0.25, 0.3) is 0 Å². The maximum atomic E-state index is 6.29. The van der Waals surface area contributed by atoms with Crippen LogP contribution >= 0.6 is 27.5 Å². The second kappa shape index (κ2) is 7.11. The fourth-order valence-corrected chi connectivity index (χ4v) is 2.54. The average Bonchev–Trinajstić information content (AvgIpc) is 2.47. The van der Waals surface area contributed by atoms with Gasteiger partial charge in [0.05, 0.1) is 12.6 Å². The van der Waals surface area contributed by atoms with Gasteiger partial charge in [-0.2, -0.15) is 0 Å². The molecule has 0 radical (unpaired) electrons. The van der Waals surface area contributed by atoms with Crippen molar-refractivity contribution in [2.75, 3.05) is 6.61 Å². The van der Waals surface area contributed by atoms with Crippen molar-refractivity contribution < 1.29 is 4.74 Å². The summed E-state index contributed by atoms with van der Waals surface area (Å²) in [6.07, 6.45) is 0.995. The summed E-state index contributed by atoms with van der Waals surface area (Å²) in [7, 11) is 0. The molecule has 1 atom stereocenters. The Kier molecular flexibility index (Phi) is 5.46. The molecule has 0 aliphatic rings. The molecule has 0 bridgehead atoms. The van der Waals surface area contributed by atoms with Crippen LogP contribution in [0.5, 0.6) is 5.75 Å². The highest BCUT2D eigenvalue weighted by atomic mass is 79.9. The molecule has 0 saturated heterocycles. The van der Waals surface area contributed by atoms with Crippen LogP contribution in [0.25, 0.3) is 0 Å². The van der Waals surface area contributed by atoms with Gasteiger partial charge in [0.1, 0.15) is 5.75 Å². The van der Waals surface area contributed by atoms with Crippen molar-refractivity contribution in [1.82, 2.24) is 0 Å². The normalized spacial score (nSPS) is 12.2. The predicted octanol–water partition coefficient (Wildman–Crippen LogP) is 4.94. The first-order chi connectivity index (χ1) is 9.61. The largest absolute Gasteiger partial charge is 0.494 e. The molecule has 2 nitrogen and oxygen atoms in total. The predicted molar refractivity (Wildman–Crippen MR) is 87.4 cm³/mol. The van der Waals surface area contributed by atoms with Crippen LogP contribution in [0.3, 0.4) is 0 Å². The lowest BCUT2D eigenvalue weighted by atomic mass is 9.99. The third-order valence-electron chi connectivity index (χ3n) is 3.01. The Labute approximate surface area is 133 Å². The molecular formula is C16H17BrClNO. The second-order valence-corrected chi connectivity index (χ2v) is 5.88. The van der Waals surface area contributed by atoms with E-state index in [1.165, 1.54) is 0 Å². The smallest absolute Gasteiger partial charge is 0.119 e. The molecule has 2 aromatic carbocycles. The van der Waals surface area contributed by atoms with E-state index >= 15 is 0 Å². The van der Waals surface area contributed by atoms with Crippen LogP contribution < -0.4 is 10.5 Å². The third kappa shape index (κ3) is 3.75. The zero-order valence-corrected chi connectivity index (χ0v) is 13.6. The van der Waals surface area contributed by atoms with Crippen molar-refractivity contribution >= 4 is 27.5 Å². The van der Waals surface area contributed by atoms with E-state index in [1.54, 1.807) is 0 Å². The Balaban J connectivity index is 2.20.